The molecule has 132 valence electrons. The molecule has 2 heterocycles. The van der Waals surface area contributed by atoms with Crippen LogP contribution in [0.5, 0.6) is 0 Å². The highest BCUT2D eigenvalue weighted by Crippen LogP contribution is 2.38. The first-order chi connectivity index (χ1) is 12.6. The van der Waals surface area contributed by atoms with Crippen molar-refractivity contribution >= 4 is 28.2 Å². The normalized spacial score (nSPS) is 13.2. The number of anilines is 1. The summed E-state index contributed by atoms with van der Waals surface area (Å²) < 4.78 is 1.47. The minimum absolute atomic E-state index is 0.305. The van der Waals surface area contributed by atoms with Crippen LogP contribution in [0.2, 0.25) is 0 Å². The summed E-state index contributed by atoms with van der Waals surface area (Å²) in [7, 11) is 0. The lowest BCUT2D eigenvalue weighted by molar-refractivity contribution is 0.100. The maximum absolute atomic E-state index is 12.7. The number of aryl methyl sites for hydroxylation is 1. The van der Waals surface area contributed by atoms with Gasteiger partial charge >= 0.3 is 0 Å². The Balaban J connectivity index is 1.64. The number of primary amides is 1. The highest BCUT2D eigenvalue weighted by Gasteiger charge is 2.25. The smallest absolute Gasteiger partial charge is 0.256 e. The van der Waals surface area contributed by atoms with Crippen molar-refractivity contribution in [2.75, 3.05) is 5.32 Å². The Hall–Kier alpha value is -3.07. The van der Waals surface area contributed by atoms with E-state index in [2.05, 4.69) is 20.8 Å². The van der Waals surface area contributed by atoms with Gasteiger partial charge in [-0.25, -0.2) is 4.68 Å². The molecule has 26 heavy (non-hydrogen) atoms. The van der Waals surface area contributed by atoms with Gasteiger partial charge in [-0.2, -0.15) is 0 Å². The van der Waals surface area contributed by atoms with Gasteiger partial charge in [-0.15, -0.1) is 16.4 Å². The molecule has 2 aromatic heterocycles. The number of nitrogens with zero attached hydrogens (tertiary/aromatic N) is 4. The summed E-state index contributed by atoms with van der Waals surface area (Å²) >= 11 is 1.44. The SMILES string of the molecule is NC(=O)c1c(NC(=O)c2cccc(-n3cnnn3)c2)sc2c1CCCC2. The van der Waals surface area contributed by atoms with Crippen molar-refractivity contribution < 1.29 is 9.59 Å². The summed E-state index contributed by atoms with van der Waals surface area (Å²) in [6.45, 7) is 0. The number of thiophene rings is 1. The Bertz CT molecular complexity index is 979. The third kappa shape index (κ3) is 2.97. The number of hydrogen-bond donors (Lipinski definition) is 2. The van der Waals surface area contributed by atoms with E-state index >= 15 is 0 Å². The van der Waals surface area contributed by atoms with Crippen LogP contribution in [0.15, 0.2) is 30.6 Å². The predicted molar refractivity (Wildman–Crippen MR) is 96.6 cm³/mol. The molecule has 1 aliphatic rings. The van der Waals surface area contributed by atoms with Crippen LogP contribution in [0, 0.1) is 0 Å². The standard InChI is InChI=1S/C17H16N6O2S/c18-15(24)14-12-6-1-2-7-13(12)26-17(14)20-16(25)10-4-3-5-11(8-10)23-9-19-21-22-23/h3-5,8-9H,1-2,6-7H2,(H2,18,24)(H,20,25). The number of benzene rings is 1. The van der Waals surface area contributed by atoms with Crippen LogP contribution in [0.1, 0.15) is 44.0 Å². The average Bonchev–Trinajstić information content (AvgIpc) is 3.29. The second kappa shape index (κ2) is 6.68. The van der Waals surface area contributed by atoms with E-state index in [1.54, 1.807) is 24.3 Å². The molecule has 0 radical (unpaired) electrons. The van der Waals surface area contributed by atoms with E-state index in [4.69, 9.17) is 5.73 Å². The summed E-state index contributed by atoms with van der Waals surface area (Å²) in [4.78, 5) is 25.8. The van der Waals surface area contributed by atoms with Gasteiger partial charge in [0.05, 0.1) is 11.3 Å². The van der Waals surface area contributed by atoms with Crippen molar-refractivity contribution in [3.05, 3.63) is 52.2 Å². The number of fused-ring (bicyclic) bond motifs is 1. The third-order valence-electron chi connectivity index (χ3n) is 4.37. The lowest BCUT2D eigenvalue weighted by Gasteiger charge is -2.11. The van der Waals surface area contributed by atoms with Crippen molar-refractivity contribution in [1.82, 2.24) is 20.2 Å². The molecule has 4 rings (SSSR count). The summed E-state index contributed by atoms with van der Waals surface area (Å²) in [5.41, 5.74) is 8.14. The fourth-order valence-electron chi connectivity index (χ4n) is 3.16. The first kappa shape index (κ1) is 16.4. The monoisotopic (exact) mass is 368 g/mol. The molecule has 0 saturated carbocycles. The minimum Gasteiger partial charge on any atom is -0.365 e. The van der Waals surface area contributed by atoms with Crippen molar-refractivity contribution in [3.8, 4) is 5.69 Å². The van der Waals surface area contributed by atoms with Gasteiger partial charge in [0.25, 0.3) is 11.8 Å². The molecule has 3 N–H and O–H groups in total. The Morgan fingerprint density at radius 1 is 1.23 bits per heavy atom. The molecule has 0 atom stereocenters. The molecule has 9 heteroatoms. The van der Waals surface area contributed by atoms with Gasteiger partial charge in [-0.05, 0) is 59.9 Å². The second-order valence-electron chi connectivity index (χ2n) is 6.04. The van der Waals surface area contributed by atoms with Gasteiger partial charge in [0.1, 0.15) is 11.3 Å². The fraction of sp³-hybridized carbons (Fsp3) is 0.235. The van der Waals surface area contributed by atoms with Crippen molar-refractivity contribution in [3.63, 3.8) is 0 Å². The summed E-state index contributed by atoms with van der Waals surface area (Å²) in [6, 6.07) is 6.93. The van der Waals surface area contributed by atoms with Gasteiger partial charge < -0.3 is 11.1 Å². The average molecular weight is 368 g/mol. The number of nitrogens with one attached hydrogen (secondary N) is 1. The Kier molecular flexibility index (Phi) is 4.21. The zero-order chi connectivity index (χ0) is 18.1. The maximum atomic E-state index is 12.7. The van der Waals surface area contributed by atoms with Gasteiger partial charge in [-0.1, -0.05) is 6.07 Å². The van der Waals surface area contributed by atoms with Crippen LogP contribution in [0.25, 0.3) is 5.69 Å². The van der Waals surface area contributed by atoms with E-state index in [1.165, 1.54) is 22.3 Å². The molecule has 0 bridgehead atoms. The van der Waals surface area contributed by atoms with Crippen LogP contribution in [-0.4, -0.2) is 32.0 Å². The number of nitrogens with two attached hydrogens (primary N) is 1. The zero-order valence-corrected chi connectivity index (χ0v) is 14.6. The number of tetrazole rings is 1. The van der Waals surface area contributed by atoms with Gasteiger partial charge in [0, 0.05) is 10.4 Å². The number of aromatic nitrogens is 4. The molecule has 0 unspecified atom stereocenters. The molecule has 2 amide bonds. The van der Waals surface area contributed by atoms with Crippen LogP contribution in [-0.2, 0) is 12.8 Å². The van der Waals surface area contributed by atoms with E-state index in [1.807, 2.05) is 0 Å². The largest absolute Gasteiger partial charge is 0.365 e. The van der Waals surface area contributed by atoms with Gasteiger partial charge in [-0.3, -0.25) is 9.59 Å². The highest BCUT2D eigenvalue weighted by atomic mass is 32.1. The summed E-state index contributed by atoms with van der Waals surface area (Å²) in [5, 5.41) is 14.4. The molecule has 8 nitrogen and oxygen atoms in total. The number of rotatable bonds is 4. The quantitative estimate of drug-likeness (QED) is 0.730. The molecule has 3 aromatic rings. The van der Waals surface area contributed by atoms with E-state index in [9.17, 15) is 9.59 Å². The molecule has 1 aliphatic carbocycles. The van der Waals surface area contributed by atoms with Crippen LogP contribution in [0.3, 0.4) is 0 Å². The summed E-state index contributed by atoms with van der Waals surface area (Å²) in [6.07, 6.45) is 5.33. The predicted octanol–water partition coefficient (Wildman–Crippen LogP) is 1.95. The first-order valence-electron chi connectivity index (χ1n) is 8.22. The molecule has 0 saturated heterocycles. The number of carbonyl (C=O) groups excluding carboxylic acids is 2. The third-order valence-corrected chi connectivity index (χ3v) is 5.57. The van der Waals surface area contributed by atoms with Crippen LogP contribution < -0.4 is 11.1 Å². The minimum atomic E-state index is -0.498. The molecular formula is C17H16N6O2S. The van der Waals surface area contributed by atoms with Gasteiger partial charge in [0.15, 0.2) is 0 Å². The van der Waals surface area contributed by atoms with E-state index in [-0.39, 0.29) is 5.91 Å². The topological polar surface area (TPSA) is 116 Å². The van der Waals surface area contributed by atoms with Crippen LogP contribution in [0.4, 0.5) is 5.00 Å². The molecule has 0 aliphatic heterocycles. The zero-order valence-electron chi connectivity index (χ0n) is 13.8. The van der Waals surface area contributed by atoms with E-state index < -0.39 is 5.91 Å². The van der Waals surface area contributed by atoms with Crippen molar-refractivity contribution in [2.45, 2.75) is 25.7 Å². The maximum Gasteiger partial charge on any atom is 0.256 e. The van der Waals surface area contributed by atoms with Crippen molar-refractivity contribution in [1.29, 1.82) is 0 Å². The molecule has 0 spiro atoms. The van der Waals surface area contributed by atoms with E-state index in [0.29, 0.717) is 21.8 Å². The fourth-order valence-corrected chi connectivity index (χ4v) is 4.45. The van der Waals surface area contributed by atoms with E-state index in [0.717, 1.165) is 36.1 Å². The summed E-state index contributed by atoms with van der Waals surface area (Å²) in [5.74, 6) is -0.803. The lowest BCUT2D eigenvalue weighted by atomic mass is 9.95. The Labute approximate surface area is 153 Å². The number of carbonyl (C=O) groups is 2. The Morgan fingerprint density at radius 3 is 2.85 bits per heavy atom. The Morgan fingerprint density at radius 2 is 2.08 bits per heavy atom. The highest BCUT2D eigenvalue weighted by molar-refractivity contribution is 7.17. The lowest BCUT2D eigenvalue weighted by Crippen LogP contribution is -2.18. The van der Waals surface area contributed by atoms with Crippen LogP contribution >= 0.6 is 11.3 Å². The first-order valence-corrected chi connectivity index (χ1v) is 9.04. The second-order valence-corrected chi connectivity index (χ2v) is 7.14. The molecular weight excluding hydrogens is 352 g/mol. The number of hydrogen-bond acceptors (Lipinski definition) is 6. The molecule has 0 fully saturated rings. The number of amides is 2. The molecule has 1 aromatic carbocycles. The van der Waals surface area contributed by atoms with Crippen molar-refractivity contribution in [2.24, 2.45) is 5.73 Å². The van der Waals surface area contributed by atoms with Gasteiger partial charge in [0.2, 0.25) is 0 Å².